The molecule has 2 aliphatic carbocycles. The average molecular weight is 358 g/mol. The van der Waals surface area contributed by atoms with Gasteiger partial charge in [0.1, 0.15) is 6.07 Å². The van der Waals surface area contributed by atoms with Crippen LogP contribution in [-0.4, -0.2) is 11.6 Å². The maximum Gasteiger partial charge on any atom is 0.195 e. The molecule has 0 unspecified atom stereocenters. The number of rotatable bonds is 1. The van der Waals surface area contributed by atoms with Gasteiger partial charge in [-0.15, -0.1) is 0 Å². The number of hydrogen-bond donors (Lipinski definition) is 0. The standard InChI is InChI=1S/C24H10N2O2/c25-11-13-5-7-16-17-8-6-14(10-20(17)23(27)19(16)9-13)22-21(12-26)15-3-1-2-4-18(15)24(22)28/h1-10H. The highest BCUT2D eigenvalue weighted by Gasteiger charge is 2.33. The van der Waals surface area contributed by atoms with Gasteiger partial charge in [-0.1, -0.05) is 42.5 Å². The number of benzene rings is 3. The maximum absolute atomic E-state index is 12.9. The summed E-state index contributed by atoms with van der Waals surface area (Å²) in [5.74, 6) is -0.382. The van der Waals surface area contributed by atoms with Crippen molar-refractivity contribution in [2.75, 3.05) is 0 Å². The van der Waals surface area contributed by atoms with Crippen molar-refractivity contribution in [3.05, 3.63) is 94.0 Å². The fourth-order valence-corrected chi connectivity index (χ4v) is 3.98. The number of nitrogens with zero attached hydrogens (tertiary/aromatic N) is 2. The fourth-order valence-electron chi connectivity index (χ4n) is 3.98. The Kier molecular flexibility index (Phi) is 3.19. The van der Waals surface area contributed by atoms with Crippen LogP contribution in [0.25, 0.3) is 22.3 Å². The van der Waals surface area contributed by atoms with Gasteiger partial charge in [0.05, 0.1) is 17.2 Å². The Bertz CT molecular complexity index is 1360. The molecule has 0 aliphatic heterocycles. The lowest BCUT2D eigenvalue weighted by Crippen LogP contribution is -2.01. The quantitative estimate of drug-likeness (QED) is 0.505. The minimum atomic E-state index is -0.207. The maximum atomic E-state index is 12.9. The zero-order valence-corrected chi connectivity index (χ0v) is 14.5. The van der Waals surface area contributed by atoms with Crippen LogP contribution in [0.3, 0.4) is 0 Å². The fraction of sp³-hybridized carbons (Fsp3) is 0. The van der Waals surface area contributed by atoms with Crippen LogP contribution in [0.2, 0.25) is 0 Å². The van der Waals surface area contributed by atoms with Gasteiger partial charge in [0.15, 0.2) is 11.6 Å². The van der Waals surface area contributed by atoms with Crippen LogP contribution in [0.4, 0.5) is 0 Å². The molecule has 2 aliphatic rings. The lowest BCUT2D eigenvalue weighted by molar-refractivity contribution is 0.103. The molecule has 0 N–H and O–H groups in total. The van der Waals surface area contributed by atoms with Crippen LogP contribution in [-0.2, 0) is 0 Å². The number of hydrogen-bond acceptors (Lipinski definition) is 4. The zero-order valence-electron chi connectivity index (χ0n) is 14.5. The molecule has 3 aromatic carbocycles. The van der Waals surface area contributed by atoms with E-state index in [1.807, 2.05) is 6.07 Å². The van der Waals surface area contributed by atoms with Crippen molar-refractivity contribution in [1.29, 1.82) is 10.5 Å². The van der Waals surface area contributed by atoms with E-state index in [-0.39, 0.29) is 11.6 Å². The minimum Gasteiger partial charge on any atom is -0.289 e. The van der Waals surface area contributed by atoms with Crippen LogP contribution in [0.5, 0.6) is 0 Å². The molecule has 4 heteroatoms. The predicted molar refractivity (Wildman–Crippen MR) is 103 cm³/mol. The smallest absolute Gasteiger partial charge is 0.195 e. The normalized spacial score (nSPS) is 13.6. The summed E-state index contributed by atoms with van der Waals surface area (Å²) >= 11 is 0. The van der Waals surface area contributed by atoms with Crippen LogP contribution < -0.4 is 0 Å². The monoisotopic (exact) mass is 358 g/mol. The van der Waals surface area contributed by atoms with Gasteiger partial charge in [0, 0.05) is 27.8 Å². The van der Waals surface area contributed by atoms with Crippen molar-refractivity contribution in [2.24, 2.45) is 0 Å². The molecule has 28 heavy (non-hydrogen) atoms. The van der Waals surface area contributed by atoms with E-state index >= 15 is 0 Å². The summed E-state index contributed by atoms with van der Waals surface area (Å²) in [7, 11) is 0. The summed E-state index contributed by atoms with van der Waals surface area (Å²) in [4.78, 5) is 25.8. The van der Waals surface area contributed by atoms with Gasteiger partial charge < -0.3 is 0 Å². The third-order valence-electron chi connectivity index (χ3n) is 5.27. The summed E-state index contributed by atoms with van der Waals surface area (Å²) in [5.41, 5.74) is 5.29. The lowest BCUT2D eigenvalue weighted by atomic mass is 9.95. The Morgan fingerprint density at radius 2 is 1.29 bits per heavy atom. The predicted octanol–water partition coefficient (Wildman–Crippen LogP) is 4.40. The molecule has 0 saturated carbocycles. The van der Waals surface area contributed by atoms with Gasteiger partial charge >= 0.3 is 0 Å². The van der Waals surface area contributed by atoms with Crippen LogP contribution in [0.1, 0.15) is 43.0 Å². The van der Waals surface area contributed by atoms with E-state index < -0.39 is 0 Å². The molecular formula is C24H10N2O2. The zero-order chi connectivity index (χ0) is 19.4. The van der Waals surface area contributed by atoms with E-state index in [0.29, 0.717) is 44.5 Å². The summed E-state index contributed by atoms with van der Waals surface area (Å²) in [6, 6.07) is 21.5. The van der Waals surface area contributed by atoms with E-state index in [0.717, 1.165) is 11.1 Å². The first-order valence-electron chi connectivity index (χ1n) is 8.66. The molecule has 0 bridgehead atoms. The van der Waals surface area contributed by atoms with Crippen LogP contribution in [0.15, 0.2) is 60.7 Å². The van der Waals surface area contributed by atoms with E-state index in [1.165, 1.54) is 0 Å². The highest BCUT2D eigenvalue weighted by Crippen LogP contribution is 2.42. The molecule has 0 aromatic heterocycles. The molecule has 0 fully saturated rings. The number of allylic oxidation sites excluding steroid dienone is 2. The first-order valence-corrected chi connectivity index (χ1v) is 8.66. The third-order valence-corrected chi connectivity index (χ3v) is 5.27. The molecule has 0 spiro atoms. The number of fused-ring (bicyclic) bond motifs is 4. The lowest BCUT2D eigenvalue weighted by Gasteiger charge is -2.06. The first-order chi connectivity index (χ1) is 13.6. The SMILES string of the molecule is N#CC1=C(c2ccc3c(c2)C(=O)c2cc(C#N)ccc2-3)C(=O)c2ccccc21. The van der Waals surface area contributed by atoms with Gasteiger partial charge in [0.2, 0.25) is 0 Å². The number of carbonyl (C=O) groups excluding carboxylic acids is 2. The summed E-state index contributed by atoms with van der Waals surface area (Å²) < 4.78 is 0. The topological polar surface area (TPSA) is 81.7 Å². The summed E-state index contributed by atoms with van der Waals surface area (Å²) in [6.07, 6.45) is 0. The summed E-state index contributed by atoms with van der Waals surface area (Å²) in [6.45, 7) is 0. The van der Waals surface area contributed by atoms with Crippen molar-refractivity contribution in [2.45, 2.75) is 0 Å². The highest BCUT2D eigenvalue weighted by atomic mass is 16.1. The Labute approximate surface area is 160 Å². The van der Waals surface area contributed by atoms with E-state index in [4.69, 9.17) is 5.26 Å². The molecule has 0 radical (unpaired) electrons. The largest absolute Gasteiger partial charge is 0.289 e. The second-order valence-corrected chi connectivity index (χ2v) is 6.70. The van der Waals surface area contributed by atoms with Crippen molar-refractivity contribution >= 4 is 22.7 Å². The van der Waals surface area contributed by atoms with Gasteiger partial charge in [-0.25, -0.2) is 0 Å². The van der Waals surface area contributed by atoms with Crippen molar-refractivity contribution in [1.82, 2.24) is 0 Å². The molecule has 4 nitrogen and oxygen atoms in total. The number of nitriles is 2. The Hall–Kier alpha value is -4.28. The molecule has 0 amide bonds. The Morgan fingerprint density at radius 3 is 2.00 bits per heavy atom. The number of ketones is 2. The molecule has 0 atom stereocenters. The molecule has 128 valence electrons. The molecule has 0 saturated heterocycles. The van der Waals surface area contributed by atoms with Gasteiger partial charge in [-0.2, -0.15) is 10.5 Å². The van der Waals surface area contributed by atoms with Crippen molar-refractivity contribution in [3.63, 3.8) is 0 Å². The molecule has 0 heterocycles. The molecular weight excluding hydrogens is 348 g/mol. The van der Waals surface area contributed by atoms with E-state index in [9.17, 15) is 14.9 Å². The van der Waals surface area contributed by atoms with Gasteiger partial charge in [-0.3, -0.25) is 9.59 Å². The second kappa shape index (κ2) is 5.61. The third kappa shape index (κ3) is 1.97. The van der Waals surface area contributed by atoms with Crippen LogP contribution >= 0.6 is 0 Å². The second-order valence-electron chi connectivity index (χ2n) is 6.70. The molecule has 3 aromatic rings. The van der Waals surface area contributed by atoms with Crippen LogP contribution in [0, 0.1) is 22.7 Å². The highest BCUT2D eigenvalue weighted by molar-refractivity contribution is 6.41. The molecule has 5 rings (SSSR count). The van der Waals surface area contributed by atoms with Crippen molar-refractivity contribution in [3.8, 4) is 23.3 Å². The number of Topliss-reactive ketones (excluding diaryl/α,β-unsaturated/α-hetero) is 1. The Morgan fingerprint density at radius 1 is 0.607 bits per heavy atom. The minimum absolute atomic E-state index is 0.175. The summed E-state index contributed by atoms with van der Waals surface area (Å²) in [5, 5.41) is 18.7. The van der Waals surface area contributed by atoms with E-state index in [2.05, 4.69) is 6.07 Å². The Balaban J connectivity index is 1.69. The van der Waals surface area contributed by atoms with Gasteiger partial charge in [0.25, 0.3) is 0 Å². The van der Waals surface area contributed by atoms with Crippen molar-refractivity contribution < 1.29 is 9.59 Å². The van der Waals surface area contributed by atoms with E-state index in [1.54, 1.807) is 60.7 Å². The first kappa shape index (κ1) is 15.9. The number of carbonyl (C=O) groups is 2. The average Bonchev–Trinajstić information content (AvgIpc) is 3.19. The van der Waals surface area contributed by atoms with Gasteiger partial charge in [-0.05, 0) is 34.9 Å².